The van der Waals surface area contributed by atoms with E-state index in [0.717, 1.165) is 16.7 Å². The van der Waals surface area contributed by atoms with Crippen LogP contribution in [0, 0.1) is 6.92 Å². The van der Waals surface area contributed by atoms with Crippen LogP contribution in [-0.4, -0.2) is 40.0 Å². The number of hydrogen-bond donors (Lipinski definition) is 2. The third-order valence-electron chi connectivity index (χ3n) is 5.12. The zero-order valence-corrected chi connectivity index (χ0v) is 16.3. The number of β-amino-alcohol motifs (C(OH)–C–C–N with tert-alkyl or cyclic N) is 1. The average molecular weight is 379 g/mol. The molecule has 0 radical (unpaired) electrons. The van der Waals surface area contributed by atoms with Gasteiger partial charge in [0.2, 0.25) is 0 Å². The van der Waals surface area contributed by atoms with E-state index in [4.69, 9.17) is 0 Å². The van der Waals surface area contributed by atoms with Crippen molar-refractivity contribution >= 4 is 17.4 Å². The van der Waals surface area contributed by atoms with E-state index in [1.807, 2.05) is 43.3 Å². The summed E-state index contributed by atoms with van der Waals surface area (Å²) >= 11 is 0. The monoisotopic (exact) mass is 379 g/mol. The molecule has 5 heteroatoms. The van der Waals surface area contributed by atoms with Gasteiger partial charge < -0.3 is 15.1 Å². The Morgan fingerprint density at radius 2 is 1.64 bits per heavy atom. The Kier molecular flexibility index (Phi) is 5.66. The van der Waals surface area contributed by atoms with Crippen LogP contribution in [0.1, 0.15) is 48.1 Å². The summed E-state index contributed by atoms with van der Waals surface area (Å²) in [5.74, 6) is -1.28. The van der Waals surface area contributed by atoms with E-state index < -0.39 is 17.7 Å². The number of carbonyl (C=O) groups is 2. The molecule has 2 aromatic rings. The highest BCUT2D eigenvalue weighted by molar-refractivity contribution is 6.46. The van der Waals surface area contributed by atoms with Crippen molar-refractivity contribution in [3.8, 4) is 0 Å². The van der Waals surface area contributed by atoms with Crippen molar-refractivity contribution in [3.63, 3.8) is 0 Å². The van der Waals surface area contributed by atoms with Crippen LogP contribution in [0.2, 0.25) is 0 Å². The van der Waals surface area contributed by atoms with Gasteiger partial charge >= 0.3 is 0 Å². The summed E-state index contributed by atoms with van der Waals surface area (Å²) in [4.78, 5) is 26.6. The Hall–Kier alpha value is -2.92. The molecule has 1 amide bonds. The molecule has 1 fully saturated rings. The molecule has 1 saturated heterocycles. The second-order valence-corrected chi connectivity index (χ2v) is 7.40. The minimum absolute atomic E-state index is 0.0197. The van der Waals surface area contributed by atoms with Gasteiger partial charge in [0.1, 0.15) is 5.76 Å². The first-order valence-corrected chi connectivity index (χ1v) is 9.41. The minimum atomic E-state index is -0.732. The lowest BCUT2D eigenvalue weighted by Gasteiger charge is -2.25. The molecule has 1 aliphatic heterocycles. The number of benzene rings is 2. The quantitative estimate of drug-likeness (QED) is 0.473. The van der Waals surface area contributed by atoms with E-state index in [1.54, 1.807) is 12.1 Å². The van der Waals surface area contributed by atoms with Crippen LogP contribution >= 0.6 is 0 Å². The van der Waals surface area contributed by atoms with E-state index in [2.05, 4.69) is 13.8 Å². The normalized spacial score (nSPS) is 18.9. The molecule has 0 aromatic heterocycles. The maximum atomic E-state index is 12.7. The molecule has 0 spiro atoms. The van der Waals surface area contributed by atoms with E-state index in [-0.39, 0.29) is 24.5 Å². The van der Waals surface area contributed by atoms with E-state index >= 15 is 0 Å². The lowest BCUT2D eigenvalue weighted by atomic mass is 9.93. The Labute approximate surface area is 164 Å². The maximum absolute atomic E-state index is 12.7. The fourth-order valence-electron chi connectivity index (χ4n) is 3.50. The topological polar surface area (TPSA) is 77.8 Å². The Morgan fingerprint density at radius 1 is 1.04 bits per heavy atom. The van der Waals surface area contributed by atoms with Gasteiger partial charge in [-0.1, -0.05) is 67.9 Å². The molecule has 1 unspecified atom stereocenters. The maximum Gasteiger partial charge on any atom is 0.295 e. The number of nitrogens with zero attached hydrogens (tertiary/aromatic N) is 1. The number of aliphatic hydroxyl groups excluding tert-OH is 2. The van der Waals surface area contributed by atoms with Crippen molar-refractivity contribution < 1.29 is 19.8 Å². The molecule has 0 saturated carbocycles. The lowest BCUT2D eigenvalue weighted by Crippen LogP contribution is -2.32. The summed E-state index contributed by atoms with van der Waals surface area (Å²) in [6.45, 7) is 5.86. The number of amides is 1. The lowest BCUT2D eigenvalue weighted by molar-refractivity contribution is -0.140. The number of Topliss-reactive ketones (excluding diaryl/α,β-unsaturated/α-hetero) is 1. The summed E-state index contributed by atoms with van der Waals surface area (Å²) in [6.07, 6.45) is 0. The highest BCUT2D eigenvalue weighted by Crippen LogP contribution is 2.39. The molecule has 0 bridgehead atoms. The smallest absolute Gasteiger partial charge is 0.295 e. The number of rotatable bonds is 5. The minimum Gasteiger partial charge on any atom is -0.507 e. The predicted octanol–water partition coefficient (Wildman–Crippen LogP) is 3.53. The van der Waals surface area contributed by atoms with Crippen LogP contribution in [0.5, 0.6) is 0 Å². The Balaban J connectivity index is 2.14. The van der Waals surface area contributed by atoms with Crippen molar-refractivity contribution in [2.75, 3.05) is 13.2 Å². The van der Waals surface area contributed by atoms with Crippen LogP contribution in [0.15, 0.2) is 54.1 Å². The first-order valence-electron chi connectivity index (χ1n) is 9.41. The molecule has 146 valence electrons. The summed E-state index contributed by atoms with van der Waals surface area (Å²) < 4.78 is 0. The predicted molar refractivity (Wildman–Crippen MR) is 108 cm³/mol. The highest BCUT2D eigenvalue weighted by atomic mass is 16.3. The van der Waals surface area contributed by atoms with E-state index in [0.29, 0.717) is 11.5 Å². The first-order chi connectivity index (χ1) is 13.3. The number of likely N-dealkylation sites (tertiary alicyclic amines) is 1. The molecule has 5 nitrogen and oxygen atoms in total. The first kappa shape index (κ1) is 19.8. The van der Waals surface area contributed by atoms with E-state index in [1.165, 1.54) is 4.90 Å². The van der Waals surface area contributed by atoms with Crippen LogP contribution in [0.4, 0.5) is 0 Å². The summed E-state index contributed by atoms with van der Waals surface area (Å²) in [5, 5.41) is 20.3. The molecule has 1 heterocycles. The number of aryl methyl sites for hydroxylation is 1. The van der Waals surface area contributed by atoms with Crippen molar-refractivity contribution in [1.29, 1.82) is 0 Å². The largest absolute Gasteiger partial charge is 0.507 e. The molecule has 0 aliphatic carbocycles. The zero-order valence-electron chi connectivity index (χ0n) is 16.3. The molecule has 2 N–H and O–H groups in total. The highest BCUT2D eigenvalue weighted by Gasteiger charge is 2.45. The molecule has 3 rings (SSSR count). The zero-order chi connectivity index (χ0) is 20.4. The van der Waals surface area contributed by atoms with Crippen LogP contribution < -0.4 is 0 Å². The van der Waals surface area contributed by atoms with Crippen molar-refractivity contribution in [3.05, 3.63) is 76.4 Å². The average Bonchev–Trinajstić information content (AvgIpc) is 2.93. The van der Waals surface area contributed by atoms with Crippen molar-refractivity contribution in [2.45, 2.75) is 32.7 Å². The summed E-state index contributed by atoms with van der Waals surface area (Å²) in [7, 11) is 0. The Bertz CT molecular complexity index is 911. The van der Waals surface area contributed by atoms with Gasteiger partial charge in [0.15, 0.2) is 0 Å². The van der Waals surface area contributed by atoms with Crippen LogP contribution in [0.25, 0.3) is 5.76 Å². The van der Waals surface area contributed by atoms with Crippen molar-refractivity contribution in [2.24, 2.45) is 0 Å². The second-order valence-electron chi connectivity index (χ2n) is 7.40. The van der Waals surface area contributed by atoms with Crippen molar-refractivity contribution in [1.82, 2.24) is 4.90 Å². The fourth-order valence-corrected chi connectivity index (χ4v) is 3.50. The molecule has 28 heavy (non-hydrogen) atoms. The van der Waals surface area contributed by atoms with E-state index in [9.17, 15) is 19.8 Å². The number of hydrogen-bond acceptors (Lipinski definition) is 4. The number of ketones is 1. The number of aliphatic hydroxyl groups is 2. The van der Waals surface area contributed by atoms with Gasteiger partial charge in [0, 0.05) is 12.1 Å². The molecular weight excluding hydrogens is 354 g/mol. The van der Waals surface area contributed by atoms with Gasteiger partial charge in [-0.2, -0.15) is 0 Å². The number of carbonyl (C=O) groups excluding carboxylic acids is 2. The van der Waals surface area contributed by atoms with Gasteiger partial charge in [0.05, 0.1) is 18.2 Å². The van der Waals surface area contributed by atoms with Gasteiger partial charge in [0.25, 0.3) is 11.7 Å². The SMILES string of the molecule is Cc1ccc(/C(O)=C2\C(=O)C(=O)N(CCO)C2c2ccc(C(C)C)cc2)cc1. The standard InChI is InChI=1S/C23H25NO4/c1-14(2)16-8-10-17(11-9-16)20-19(22(27)23(28)24(20)12-13-25)21(26)18-6-4-15(3)5-7-18/h4-11,14,20,25-26H,12-13H2,1-3H3/b21-19+. The van der Waals surface area contributed by atoms with Gasteiger partial charge in [-0.15, -0.1) is 0 Å². The molecule has 2 aromatic carbocycles. The Morgan fingerprint density at radius 3 is 2.18 bits per heavy atom. The van der Waals surface area contributed by atoms with Gasteiger partial charge in [-0.3, -0.25) is 9.59 Å². The van der Waals surface area contributed by atoms with Crippen LogP contribution in [-0.2, 0) is 9.59 Å². The third kappa shape index (κ3) is 3.58. The summed E-state index contributed by atoms with van der Waals surface area (Å²) in [5.41, 5.74) is 3.43. The second kappa shape index (κ2) is 7.98. The molecule has 1 atom stereocenters. The fraction of sp³-hybridized carbons (Fsp3) is 0.304. The third-order valence-corrected chi connectivity index (χ3v) is 5.12. The molecule has 1 aliphatic rings. The molecular formula is C23H25NO4. The van der Waals surface area contributed by atoms with Gasteiger partial charge in [-0.05, 0) is 24.0 Å². The summed E-state index contributed by atoms with van der Waals surface area (Å²) in [6, 6.07) is 14.1. The van der Waals surface area contributed by atoms with Gasteiger partial charge in [-0.25, -0.2) is 0 Å². The van der Waals surface area contributed by atoms with Crippen LogP contribution in [0.3, 0.4) is 0 Å².